The maximum atomic E-state index is 11.1. The summed E-state index contributed by atoms with van der Waals surface area (Å²) in [7, 11) is 1.56. The first-order valence-electron chi connectivity index (χ1n) is 8.48. The van der Waals surface area contributed by atoms with Gasteiger partial charge in [-0.1, -0.05) is 35.9 Å². The highest BCUT2D eigenvalue weighted by Crippen LogP contribution is 2.29. The lowest BCUT2D eigenvalue weighted by Gasteiger charge is -2.11. The van der Waals surface area contributed by atoms with E-state index in [0.717, 1.165) is 11.1 Å². The van der Waals surface area contributed by atoms with Crippen LogP contribution in [0.3, 0.4) is 0 Å². The highest BCUT2D eigenvalue weighted by atomic mass is 35.5. The second kappa shape index (κ2) is 9.06. The van der Waals surface area contributed by atoms with Crippen molar-refractivity contribution in [3.05, 3.63) is 88.4 Å². The monoisotopic (exact) mass is 395 g/mol. The second-order valence-electron chi connectivity index (χ2n) is 5.91. The van der Waals surface area contributed by atoms with Gasteiger partial charge in [0.05, 0.1) is 23.4 Å². The van der Waals surface area contributed by atoms with E-state index in [-0.39, 0.29) is 12.2 Å². The first-order chi connectivity index (χ1) is 13.6. The topological polar surface area (TPSA) is 68.1 Å². The minimum atomic E-state index is -0.971. The largest absolute Gasteiger partial charge is 0.493 e. The SMILES string of the molecule is COc1cc(C=Nc2ccccc2Cl)ccc1OCc1cccc(C(=O)O)c1. The Bertz CT molecular complexity index is 1020. The van der Waals surface area contributed by atoms with Crippen molar-refractivity contribution in [1.29, 1.82) is 0 Å². The molecule has 0 aliphatic heterocycles. The molecule has 0 heterocycles. The van der Waals surface area contributed by atoms with Gasteiger partial charge in [-0.3, -0.25) is 4.99 Å². The number of hydrogen-bond acceptors (Lipinski definition) is 4. The molecule has 28 heavy (non-hydrogen) atoms. The van der Waals surface area contributed by atoms with Crippen LogP contribution in [-0.2, 0) is 6.61 Å². The molecule has 5 nitrogen and oxygen atoms in total. The van der Waals surface area contributed by atoms with Crippen LogP contribution in [0.1, 0.15) is 21.5 Å². The van der Waals surface area contributed by atoms with Crippen LogP contribution in [0.2, 0.25) is 5.02 Å². The Morgan fingerprint density at radius 2 is 1.89 bits per heavy atom. The van der Waals surface area contributed by atoms with Crippen LogP contribution >= 0.6 is 11.6 Å². The molecule has 0 fully saturated rings. The summed E-state index contributed by atoms with van der Waals surface area (Å²) in [6, 6.07) is 19.4. The Morgan fingerprint density at radius 3 is 2.64 bits per heavy atom. The summed E-state index contributed by atoms with van der Waals surface area (Å²) in [6.45, 7) is 0.227. The highest BCUT2D eigenvalue weighted by molar-refractivity contribution is 6.33. The Labute approximate surface area is 167 Å². The lowest BCUT2D eigenvalue weighted by Crippen LogP contribution is -2.01. The van der Waals surface area contributed by atoms with Gasteiger partial charge in [-0.15, -0.1) is 0 Å². The molecule has 0 aliphatic carbocycles. The number of carboxylic acids is 1. The van der Waals surface area contributed by atoms with Crippen molar-refractivity contribution in [2.24, 2.45) is 4.99 Å². The van der Waals surface area contributed by atoms with Gasteiger partial charge in [0.25, 0.3) is 0 Å². The molecule has 0 unspecified atom stereocenters. The lowest BCUT2D eigenvalue weighted by molar-refractivity contribution is 0.0696. The fraction of sp³-hybridized carbons (Fsp3) is 0.0909. The average Bonchev–Trinajstić information content (AvgIpc) is 2.72. The first-order valence-corrected chi connectivity index (χ1v) is 8.86. The van der Waals surface area contributed by atoms with Crippen LogP contribution in [0, 0.1) is 0 Å². The van der Waals surface area contributed by atoms with E-state index in [4.69, 9.17) is 26.2 Å². The number of nitrogens with zero attached hydrogens (tertiary/aromatic N) is 1. The Kier molecular flexibility index (Phi) is 6.29. The molecule has 142 valence electrons. The number of methoxy groups -OCH3 is 1. The minimum absolute atomic E-state index is 0.221. The number of aliphatic imine (C=N–C) groups is 1. The van der Waals surface area contributed by atoms with E-state index < -0.39 is 5.97 Å². The molecule has 0 aromatic heterocycles. The normalized spacial score (nSPS) is 10.8. The first kappa shape index (κ1) is 19.5. The third-order valence-corrected chi connectivity index (χ3v) is 4.28. The van der Waals surface area contributed by atoms with Gasteiger partial charge in [0, 0.05) is 6.21 Å². The van der Waals surface area contributed by atoms with Crippen LogP contribution in [0.25, 0.3) is 0 Å². The van der Waals surface area contributed by atoms with Crippen LogP contribution in [-0.4, -0.2) is 24.4 Å². The zero-order valence-electron chi connectivity index (χ0n) is 15.1. The second-order valence-corrected chi connectivity index (χ2v) is 6.32. The third-order valence-electron chi connectivity index (χ3n) is 3.96. The van der Waals surface area contributed by atoms with Gasteiger partial charge in [0.1, 0.15) is 6.61 Å². The maximum Gasteiger partial charge on any atom is 0.335 e. The number of ether oxygens (including phenoxy) is 2. The number of halogens is 1. The number of benzene rings is 3. The number of hydrogen-bond donors (Lipinski definition) is 1. The molecule has 0 amide bonds. The van der Waals surface area contributed by atoms with Gasteiger partial charge in [0.15, 0.2) is 11.5 Å². The van der Waals surface area contributed by atoms with Gasteiger partial charge in [0.2, 0.25) is 0 Å². The van der Waals surface area contributed by atoms with E-state index in [0.29, 0.717) is 22.2 Å². The van der Waals surface area contributed by atoms with Crippen molar-refractivity contribution < 1.29 is 19.4 Å². The molecular formula is C22H18ClNO4. The third kappa shape index (κ3) is 4.90. The summed E-state index contributed by atoms with van der Waals surface area (Å²) >= 11 is 6.11. The molecule has 0 spiro atoms. The zero-order valence-corrected chi connectivity index (χ0v) is 15.9. The van der Waals surface area contributed by atoms with E-state index in [2.05, 4.69) is 4.99 Å². The Hall–Kier alpha value is -3.31. The molecule has 0 radical (unpaired) electrons. The van der Waals surface area contributed by atoms with Gasteiger partial charge in [-0.2, -0.15) is 0 Å². The minimum Gasteiger partial charge on any atom is -0.493 e. The van der Waals surface area contributed by atoms with E-state index in [9.17, 15) is 4.79 Å². The summed E-state index contributed by atoms with van der Waals surface area (Å²) in [5, 5.41) is 9.65. The molecule has 3 aromatic rings. The smallest absolute Gasteiger partial charge is 0.335 e. The summed E-state index contributed by atoms with van der Waals surface area (Å²) in [5.74, 6) is 0.136. The van der Waals surface area contributed by atoms with Crippen LogP contribution < -0.4 is 9.47 Å². The predicted molar refractivity (Wildman–Crippen MR) is 109 cm³/mol. The summed E-state index contributed by atoms with van der Waals surface area (Å²) < 4.78 is 11.2. The predicted octanol–water partition coefficient (Wildman–Crippen LogP) is 5.38. The summed E-state index contributed by atoms with van der Waals surface area (Å²) in [5.41, 5.74) is 2.49. The van der Waals surface area contributed by atoms with Crippen LogP contribution in [0.5, 0.6) is 11.5 Å². The van der Waals surface area contributed by atoms with E-state index in [1.807, 2.05) is 36.4 Å². The maximum absolute atomic E-state index is 11.1. The Morgan fingerprint density at radius 1 is 1.07 bits per heavy atom. The van der Waals surface area contributed by atoms with E-state index in [1.165, 1.54) is 0 Å². The fourth-order valence-electron chi connectivity index (χ4n) is 2.54. The molecule has 0 saturated heterocycles. The number of aromatic carboxylic acids is 1. The van der Waals surface area contributed by atoms with Crippen molar-refractivity contribution in [3.63, 3.8) is 0 Å². The summed E-state index contributed by atoms with van der Waals surface area (Å²) in [4.78, 5) is 15.5. The molecular weight excluding hydrogens is 378 g/mol. The standard InChI is InChI=1S/C22H18ClNO4/c1-27-21-12-15(13-24-19-8-3-2-7-18(19)23)9-10-20(21)28-14-16-5-4-6-17(11-16)22(25)26/h2-13H,14H2,1H3,(H,25,26). The summed E-state index contributed by atoms with van der Waals surface area (Å²) in [6.07, 6.45) is 1.70. The molecule has 0 bridgehead atoms. The number of carboxylic acid groups (broad SMARTS) is 1. The quantitative estimate of drug-likeness (QED) is 0.545. The fourth-order valence-corrected chi connectivity index (χ4v) is 2.72. The van der Waals surface area contributed by atoms with Gasteiger partial charge < -0.3 is 14.6 Å². The Balaban J connectivity index is 1.74. The molecule has 0 saturated carbocycles. The molecule has 1 N–H and O–H groups in total. The van der Waals surface area contributed by atoms with Gasteiger partial charge in [-0.25, -0.2) is 4.79 Å². The van der Waals surface area contributed by atoms with Crippen LogP contribution in [0.15, 0.2) is 71.7 Å². The van der Waals surface area contributed by atoms with Crippen LogP contribution in [0.4, 0.5) is 5.69 Å². The van der Waals surface area contributed by atoms with Gasteiger partial charge in [-0.05, 0) is 53.6 Å². The molecule has 3 rings (SSSR count). The van der Waals surface area contributed by atoms with Crippen molar-refractivity contribution in [2.75, 3.05) is 7.11 Å². The molecule has 0 aliphatic rings. The van der Waals surface area contributed by atoms with Gasteiger partial charge >= 0.3 is 5.97 Å². The highest BCUT2D eigenvalue weighted by Gasteiger charge is 2.08. The molecule has 3 aromatic carbocycles. The number of rotatable bonds is 7. The van der Waals surface area contributed by atoms with Crippen molar-refractivity contribution in [3.8, 4) is 11.5 Å². The molecule has 6 heteroatoms. The number of para-hydroxylation sites is 1. The van der Waals surface area contributed by atoms with Crippen molar-refractivity contribution >= 4 is 29.5 Å². The van der Waals surface area contributed by atoms with E-state index >= 15 is 0 Å². The van der Waals surface area contributed by atoms with Crippen molar-refractivity contribution in [1.82, 2.24) is 0 Å². The average molecular weight is 396 g/mol. The van der Waals surface area contributed by atoms with Crippen molar-refractivity contribution in [2.45, 2.75) is 6.61 Å². The molecule has 0 atom stereocenters. The zero-order chi connectivity index (χ0) is 19.9. The lowest BCUT2D eigenvalue weighted by atomic mass is 10.1. The van der Waals surface area contributed by atoms with E-state index in [1.54, 1.807) is 43.7 Å². The number of carbonyl (C=O) groups is 1.